The van der Waals surface area contributed by atoms with Crippen molar-refractivity contribution in [3.63, 3.8) is 0 Å². The van der Waals surface area contributed by atoms with Crippen molar-refractivity contribution in [3.8, 4) is 11.1 Å². The van der Waals surface area contributed by atoms with Crippen LogP contribution in [-0.4, -0.2) is 54.8 Å². The first-order valence-corrected chi connectivity index (χ1v) is 11.6. The average molecular weight is 481 g/mol. The zero-order chi connectivity index (χ0) is 24.9. The standard InChI is InChI=1S/C26H28N2O7/c1-34-23(29)13-22(25(31)32)28-24(30)15-10-11-16(12-15)27-26(33)35-14-21-19-8-4-2-6-17(19)18-7-3-5-9-20(18)21/h2-9,15-16,21-22H,10-14H2,1H3,(H,27,33)(H,28,30)(H,31,32)/t15?,16?,22-/m1/s1. The lowest BCUT2D eigenvalue weighted by Gasteiger charge is -2.18. The molecule has 1 saturated carbocycles. The van der Waals surface area contributed by atoms with Crippen molar-refractivity contribution in [3.05, 3.63) is 59.7 Å². The van der Waals surface area contributed by atoms with Crippen molar-refractivity contribution < 1.29 is 33.8 Å². The molecule has 9 nitrogen and oxygen atoms in total. The number of fused-ring (bicyclic) bond motifs is 3. The molecule has 0 bridgehead atoms. The van der Waals surface area contributed by atoms with Gasteiger partial charge in [-0.1, -0.05) is 48.5 Å². The van der Waals surface area contributed by atoms with Gasteiger partial charge in [0.1, 0.15) is 12.6 Å². The van der Waals surface area contributed by atoms with Crippen LogP contribution in [0.3, 0.4) is 0 Å². The molecule has 2 aliphatic rings. The summed E-state index contributed by atoms with van der Waals surface area (Å²) in [6.45, 7) is 0.199. The molecule has 2 aliphatic carbocycles. The van der Waals surface area contributed by atoms with E-state index in [1.807, 2.05) is 36.4 Å². The summed E-state index contributed by atoms with van der Waals surface area (Å²) < 4.78 is 10.1. The molecule has 0 aromatic heterocycles. The van der Waals surface area contributed by atoms with Crippen molar-refractivity contribution in [2.75, 3.05) is 13.7 Å². The van der Waals surface area contributed by atoms with E-state index in [1.54, 1.807) is 0 Å². The van der Waals surface area contributed by atoms with E-state index in [1.165, 1.54) is 0 Å². The van der Waals surface area contributed by atoms with Crippen molar-refractivity contribution in [1.29, 1.82) is 0 Å². The van der Waals surface area contributed by atoms with Crippen LogP contribution in [0.25, 0.3) is 11.1 Å². The molecule has 2 aromatic rings. The number of rotatable bonds is 8. The van der Waals surface area contributed by atoms with E-state index < -0.39 is 42.3 Å². The predicted octanol–water partition coefficient (Wildman–Crippen LogP) is 2.83. The first-order valence-electron chi connectivity index (χ1n) is 11.6. The number of carbonyl (C=O) groups is 4. The molecule has 35 heavy (non-hydrogen) atoms. The number of hydrogen-bond donors (Lipinski definition) is 3. The fourth-order valence-corrected chi connectivity index (χ4v) is 4.90. The summed E-state index contributed by atoms with van der Waals surface area (Å²) in [7, 11) is 1.15. The molecule has 3 atom stereocenters. The Morgan fingerprint density at radius 3 is 2.23 bits per heavy atom. The van der Waals surface area contributed by atoms with Crippen LogP contribution in [0.2, 0.25) is 0 Å². The zero-order valence-corrected chi connectivity index (χ0v) is 19.4. The molecule has 2 aromatic carbocycles. The number of carboxylic acid groups (broad SMARTS) is 1. The van der Waals surface area contributed by atoms with Gasteiger partial charge in [-0.15, -0.1) is 0 Å². The lowest BCUT2D eigenvalue weighted by Crippen LogP contribution is -2.45. The van der Waals surface area contributed by atoms with Crippen LogP contribution in [0.5, 0.6) is 0 Å². The minimum absolute atomic E-state index is 0.0435. The lowest BCUT2D eigenvalue weighted by molar-refractivity contribution is -0.149. The average Bonchev–Trinajstić information content (AvgIpc) is 3.45. The summed E-state index contributed by atoms with van der Waals surface area (Å²) in [6, 6.07) is 14.5. The second-order valence-electron chi connectivity index (χ2n) is 8.86. The fourth-order valence-electron chi connectivity index (χ4n) is 4.90. The van der Waals surface area contributed by atoms with Crippen molar-refractivity contribution >= 4 is 23.9 Å². The number of amides is 2. The Morgan fingerprint density at radius 2 is 1.63 bits per heavy atom. The van der Waals surface area contributed by atoms with Crippen LogP contribution in [0.4, 0.5) is 4.79 Å². The number of nitrogens with one attached hydrogen (secondary N) is 2. The number of esters is 1. The van der Waals surface area contributed by atoms with Gasteiger partial charge in [-0.25, -0.2) is 9.59 Å². The van der Waals surface area contributed by atoms with Crippen LogP contribution in [0, 0.1) is 5.92 Å². The van der Waals surface area contributed by atoms with Crippen molar-refractivity contribution in [2.24, 2.45) is 5.92 Å². The highest BCUT2D eigenvalue weighted by Crippen LogP contribution is 2.44. The monoisotopic (exact) mass is 480 g/mol. The SMILES string of the molecule is COC(=O)C[C@@H](NC(=O)C1CCC(NC(=O)OCC2c3ccccc3-c3ccccc32)C1)C(=O)O. The second kappa shape index (κ2) is 10.6. The van der Waals surface area contributed by atoms with Crippen LogP contribution >= 0.6 is 0 Å². The highest BCUT2D eigenvalue weighted by atomic mass is 16.5. The molecule has 2 unspecified atom stereocenters. The maximum atomic E-state index is 12.5. The third-order valence-electron chi connectivity index (χ3n) is 6.68. The molecule has 9 heteroatoms. The van der Waals surface area contributed by atoms with E-state index in [0.717, 1.165) is 29.4 Å². The largest absolute Gasteiger partial charge is 0.480 e. The molecule has 0 radical (unpaired) electrons. The van der Waals surface area contributed by atoms with Crippen LogP contribution in [-0.2, 0) is 23.9 Å². The predicted molar refractivity (Wildman–Crippen MR) is 126 cm³/mol. The molecule has 0 heterocycles. The summed E-state index contributed by atoms with van der Waals surface area (Å²) in [4.78, 5) is 47.8. The van der Waals surface area contributed by atoms with Gasteiger partial charge >= 0.3 is 18.0 Å². The minimum Gasteiger partial charge on any atom is -0.480 e. The Morgan fingerprint density at radius 1 is 1.00 bits per heavy atom. The van der Waals surface area contributed by atoms with E-state index in [-0.39, 0.29) is 18.6 Å². The number of benzene rings is 2. The number of methoxy groups -OCH3 is 1. The third-order valence-corrected chi connectivity index (χ3v) is 6.68. The Bertz CT molecular complexity index is 1090. The van der Waals surface area contributed by atoms with Crippen molar-refractivity contribution in [1.82, 2.24) is 10.6 Å². The highest BCUT2D eigenvalue weighted by Gasteiger charge is 2.34. The van der Waals surface area contributed by atoms with Crippen LogP contribution in [0.1, 0.15) is 42.7 Å². The first-order chi connectivity index (χ1) is 16.9. The van der Waals surface area contributed by atoms with Gasteiger partial charge in [0.25, 0.3) is 0 Å². The van der Waals surface area contributed by atoms with E-state index >= 15 is 0 Å². The molecule has 0 aliphatic heterocycles. The summed E-state index contributed by atoms with van der Waals surface area (Å²) >= 11 is 0. The number of aliphatic carboxylic acids is 1. The van der Waals surface area contributed by atoms with Gasteiger partial charge in [-0.05, 0) is 41.5 Å². The second-order valence-corrected chi connectivity index (χ2v) is 8.86. The lowest BCUT2D eigenvalue weighted by atomic mass is 9.98. The van der Waals surface area contributed by atoms with E-state index in [9.17, 15) is 24.3 Å². The molecular formula is C26H28N2O7. The summed E-state index contributed by atoms with van der Waals surface area (Å²) in [5, 5.41) is 14.5. The number of carboxylic acids is 1. The van der Waals surface area contributed by atoms with Gasteiger partial charge in [0, 0.05) is 17.9 Å². The Kier molecular flexibility index (Phi) is 7.33. The normalized spacial score (nSPS) is 19.2. The van der Waals surface area contributed by atoms with Crippen LogP contribution < -0.4 is 10.6 Å². The van der Waals surface area contributed by atoms with E-state index in [4.69, 9.17) is 4.74 Å². The molecule has 2 amide bonds. The highest BCUT2D eigenvalue weighted by molar-refractivity contribution is 5.88. The molecule has 3 N–H and O–H groups in total. The Labute approximate surface area is 202 Å². The maximum absolute atomic E-state index is 12.5. The Hall–Kier alpha value is -3.88. The fraction of sp³-hybridized carbons (Fsp3) is 0.385. The molecule has 184 valence electrons. The molecule has 0 saturated heterocycles. The van der Waals surface area contributed by atoms with Crippen molar-refractivity contribution in [2.45, 2.75) is 43.7 Å². The molecule has 0 spiro atoms. The van der Waals surface area contributed by atoms with Gasteiger partial charge in [-0.2, -0.15) is 0 Å². The summed E-state index contributed by atoms with van der Waals surface area (Å²) in [5.41, 5.74) is 4.54. The van der Waals surface area contributed by atoms with Gasteiger partial charge in [0.2, 0.25) is 5.91 Å². The number of carbonyl (C=O) groups excluding carboxylic acids is 3. The van der Waals surface area contributed by atoms with Gasteiger partial charge in [0.05, 0.1) is 13.5 Å². The van der Waals surface area contributed by atoms with Crippen LogP contribution in [0.15, 0.2) is 48.5 Å². The quantitative estimate of drug-likeness (QED) is 0.495. The van der Waals surface area contributed by atoms with Gasteiger partial charge in [0.15, 0.2) is 0 Å². The molecule has 1 fully saturated rings. The summed E-state index contributed by atoms with van der Waals surface area (Å²) in [5.74, 6) is -3.00. The summed E-state index contributed by atoms with van der Waals surface area (Å²) in [6.07, 6.45) is 0.417. The number of hydrogen-bond acceptors (Lipinski definition) is 6. The maximum Gasteiger partial charge on any atom is 0.407 e. The zero-order valence-electron chi connectivity index (χ0n) is 19.4. The minimum atomic E-state index is -1.36. The topological polar surface area (TPSA) is 131 Å². The number of ether oxygens (including phenoxy) is 2. The first kappa shape index (κ1) is 24.3. The van der Waals surface area contributed by atoms with E-state index in [2.05, 4.69) is 27.5 Å². The molecule has 4 rings (SSSR count). The number of alkyl carbamates (subject to hydrolysis) is 1. The Balaban J connectivity index is 1.28. The third kappa shape index (κ3) is 5.45. The van der Waals surface area contributed by atoms with Gasteiger partial charge in [-0.3, -0.25) is 9.59 Å². The van der Waals surface area contributed by atoms with Gasteiger partial charge < -0.3 is 25.2 Å². The van der Waals surface area contributed by atoms with E-state index in [0.29, 0.717) is 19.3 Å². The smallest absolute Gasteiger partial charge is 0.407 e. The molecular weight excluding hydrogens is 452 g/mol.